The molecule has 1 aromatic heterocycles. The third-order valence-corrected chi connectivity index (χ3v) is 3.29. The third kappa shape index (κ3) is 3.75. The minimum absolute atomic E-state index is 0.0825. The second-order valence-electron chi connectivity index (χ2n) is 4.74. The second kappa shape index (κ2) is 6.78. The van der Waals surface area contributed by atoms with E-state index in [1.54, 1.807) is 7.11 Å². The van der Waals surface area contributed by atoms with Crippen molar-refractivity contribution >= 4 is 11.6 Å². The Kier molecular flexibility index (Phi) is 4.81. The molecule has 0 unspecified atom stereocenters. The van der Waals surface area contributed by atoms with Gasteiger partial charge in [0.1, 0.15) is 5.75 Å². The molecule has 6 heteroatoms. The highest BCUT2D eigenvalue weighted by Gasteiger charge is 2.09. The molecule has 112 valence electrons. The second-order valence-corrected chi connectivity index (χ2v) is 4.74. The number of hydrogen-bond donors (Lipinski definition) is 3. The summed E-state index contributed by atoms with van der Waals surface area (Å²) >= 11 is 0. The van der Waals surface area contributed by atoms with Gasteiger partial charge in [0.05, 0.1) is 25.0 Å². The van der Waals surface area contributed by atoms with Gasteiger partial charge < -0.3 is 15.4 Å². The smallest absolute Gasteiger partial charge is 0.239 e. The number of rotatable bonds is 6. The quantitative estimate of drug-likeness (QED) is 0.757. The molecule has 0 aliphatic rings. The van der Waals surface area contributed by atoms with Crippen molar-refractivity contribution in [3.05, 3.63) is 41.2 Å². The van der Waals surface area contributed by atoms with Crippen molar-refractivity contribution < 1.29 is 9.53 Å². The first-order valence-electron chi connectivity index (χ1n) is 6.76. The summed E-state index contributed by atoms with van der Waals surface area (Å²) in [7, 11) is 1.60. The Balaban J connectivity index is 1.85. The standard InChI is InChI=1S/C15H20N4O2/c1-10-12(11(2)19-18-10)8-17-15(20)9-16-13-6-4-5-7-14(13)21-3/h4-7,16H,8-9H2,1-3H3,(H,17,20)(H,18,19). The van der Waals surface area contributed by atoms with Gasteiger partial charge in [-0.25, -0.2) is 0 Å². The van der Waals surface area contributed by atoms with Gasteiger partial charge in [-0.3, -0.25) is 9.89 Å². The van der Waals surface area contributed by atoms with Gasteiger partial charge in [-0.2, -0.15) is 5.10 Å². The Morgan fingerprint density at radius 3 is 2.76 bits per heavy atom. The van der Waals surface area contributed by atoms with Gasteiger partial charge in [-0.05, 0) is 26.0 Å². The van der Waals surface area contributed by atoms with Gasteiger partial charge in [-0.15, -0.1) is 0 Å². The summed E-state index contributed by atoms with van der Waals surface area (Å²) in [6.45, 7) is 4.52. The maximum absolute atomic E-state index is 11.9. The van der Waals surface area contributed by atoms with E-state index >= 15 is 0 Å². The average molecular weight is 288 g/mol. The molecule has 0 aliphatic carbocycles. The molecule has 1 heterocycles. The number of aromatic nitrogens is 2. The minimum atomic E-state index is -0.0825. The highest BCUT2D eigenvalue weighted by atomic mass is 16.5. The highest BCUT2D eigenvalue weighted by molar-refractivity contribution is 5.81. The number of hydrogen-bond acceptors (Lipinski definition) is 4. The first-order valence-corrected chi connectivity index (χ1v) is 6.76. The van der Waals surface area contributed by atoms with Crippen molar-refractivity contribution in [3.8, 4) is 5.75 Å². The van der Waals surface area contributed by atoms with Crippen LogP contribution in [0.1, 0.15) is 17.0 Å². The molecule has 1 aromatic carbocycles. The number of para-hydroxylation sites is 2. The molecule has 0 saturated carbocycles. The van der Waals surface area contributed by atoms with Crippen molar-refractivity contribution in [2.24, 2.45) is 0 Å². The lowest BCUT2D eigenvalue weighted by Gasteiger charge is -2.11. The predicted molar refractivity (Wildman–Crippen MR) is 81.4 cm³/mol. The lowest BCUT2D eigenvalue weighted by Crippen LogP contribution is -2.29. The molecule has 21 heavy (non-hydrogen) atoms. The lowest BCUT2D eigenvalue weighted by atomic mass is 10.2. The first kappa shape index (κ1) is 14.9. The molecule has 2 rings (SSSR count). The number of H-pyrrole nitrogens is 1. The molecule has 6 nitrogen and oxygen atoms in total. The van der Waals surface area contributed by atoms with E-state index < -0.39 is 0 Å². The van der Waals surface area contributed by atoms with Crippen molar-refractivity contribution in [2.75, 3.05) is 19.0 Å². The minimum Gasteiger partial charge on any atom is -0.495 e. The molecule has 0 fully saturated rings. The summed E-state index contributed by atoms with van der Waals surface area (Å²) in [5.74, 6) is 0.632. The van der Waals surface area contributed by atoms with Gasteiger partial charge in [0.2, 0.25) is 5.91 Å². The summed E-state index contributed by atoms with van der Waals surface area (Å²) in [6, 6.07) is 7.49. The molecule has 1 amide bonds. The molecule has 3 N–H and O–H groups in total. The van der Waals surface area contributed by atoms with Crippen molar-refractivity contribution in [3.63, 3.8) is 0 Å². The van der Waals surface area contributed by atoms with Crippen LogP contribution >= 0.6 is 0 Å². The lowest BCUT2D eigenvalue weighted by molar-refractivity contribution is -0.119. The van der Waals surface area contributed by atoms with E-state index in [1.807, 2.05) is 38.1 Å². The number of benzene rings is 1. The Morgan fingerprint density at radius 2 is 2.10 bits per heavy atom. The number of ether oxygens (including phenoxy) is 1. The van der Waals surface area contributed by atoms with Gasteiger partial charge in [0, 0.05) is 17.8 Å². The Morgan fingerprint density at radius 1 is 1.33 bits per heavy atom. The Hall–Kier alpha value is -2.50. The van der Waals surface area contributed by atoms with Crippen molar-refractivity contribution in [2.45, 2.75) is 20.4 Å². The van der Waals surface area contributed by atoms with Crippen LogP contribution in [0.15, 0.2) is 24.3 Å². The summed E-state index contributed by atoms with van der Waals surface area (Å²) < 4.78 is 5.22. The summed E-state index contributed by atoms with van der Waals surface area (Å²) in [4.78, 5) is 11.9. The molecule has 0 saturated heterocycles. The Labute approximate surface area is 123 Å². The van der Waals surface area contributed by atoms with E-state index in [1.165, 1.54) is 0 Å². The zero-order chi connectivity index (χ0) is 15.2. The molecule has 0 bridgehead atoms. The normalized spacial score (nSPS) is 10.2. The highest BCUT2D eigenvalue weighted by Crippen LogP contribution is 2.22. The van der Waals surface area contributed by atoms with Crippen molar-refractivity contribution in [1.82, 2.24) is 15.5 Å². The monoisotopic (exact) mass is 288 g/mol. The van der Waals surface area contributed by atoms with Crippen LogP contribution in [0.25, 0.3) is 0 Å². The van der Waals surface area contributed by atoms with E-state index in [0.29, 0.717) is 12.3 Å². The first-order chi connectivity index (χ1) is 10.1. The molecule has 2 aromatic rings. The van der Waals surface area contributed by atoms with E-state index in [2.05, 4.69) is 20.8 Å². The zero-order valence-corrected chi connectivity index (χ0v) is 12.5. The number of anilines is 1. The fraction of sp³-hybridized carbons (Fsp3) is 0.333. The Bertz CT molecular complexity index is 602. The number of nitrogens with one attached hydrogen (secondary N) is 3. The SMILES string of the molecule is COc1ccccc1NCC(=O)NCc1c(C)n[nH]c1C. The van der Waals surface area contributed by atoms with Crippen molar-refractivity contribution in [1.29, 1.82) is 0 Å². The predicted octanol–water partition coefficient (Wildman–Crippen LogP) is 1.76. The number of amides is 1. The maximum atomic E-state index is 11.9. The van der Waals surface area contributed by atoms with Crippen LogP contribution < -0.4 is 15.4 Å². The number of aryl methyl sites for hydroxylation is 2. The largest absolute Gasteiger partial charge is 0.495 e. The van der Waals surface area contributed by atoms with Crippen LogP contribution in [0.3, 0.4) is 0 Å². The summed E-state index contributed by atoms with van der Waals surface area (Å²) in [6.07, 6.45) is 0. The van der Waals surface area contributed by atoms with Crippen LogP contribution in [0.2, 0.25) is 0 Å². The maximum Gasteiger partial charge on any atom is 0.239 e. The number of carbonyl (C=O) groups excluding carboxylic acids is 1. The van der Waals surface area contributed by atoms with E-state index in [4.69, 9.17) is 4.74 Å². The molecular formula is C15H20N4O2. The van der Waals surface area contributed by atoms with Crippen LogP contribution in [0.5, 0.6) is 5.75 Å². The summed E-state index contributed by atoms with van der Waals surface area (Å²) in [5.41, 5.74) is 3.71. The van der Waals surface area contributed by atoms with Crippen LogP contribution in [-0.2, 0) is 11.3 Å². The van der Waals surface area contributed by atoms with Gasteiger partial charge >= 0.3 is 0 Å². The molecular weight excluding hydrogens is 268 g/mol. The van der Waals surface area contributed by atoms with Gasteiger partial charge in [-0.1, -0.05) is 12.1 Å². The van der Waals surface area contributed by atoms with E-state index in [0.717, 1.165) is 22.6 Å². The third-order valence-electron chi connectivity index (χ3n) is 3.29. The number of aromatic amines is 1. The van der Waals surface area contributed by atoms with Gasteiger partial charge in [0.15, 0.2) is 0 Å². The molecule has 0 radical (unpaired) electrons. The van der Waals surface area contributed by atoms with Crippen LogP contribution in [0, 0.1) is 13.8 Å². The molecule has 0 atom stereocenters. The van der Waals surface area contributed by atoms with Gasteiger partial charge in [0.25, 0.3) is 0 Å². The summed E-state index contributed by atoms with van der Waals surface area (Å²) in [5, 5.41) is 12.9. The van der Waals surface area contributed by atoms with E-state index in [-0.39, 0.29) is 12.5 Å². The van der Waals surface area contributed by atoms with Crippen LogP contribution in [-0.4, -0.2) is 29.8 Å². The fourth-order valence-corrected chi connectivity index (χ4v) is 2.05. The van der Waals surface area contributed by atoms with Crippen LogP contribution in [0.4, 0.5) is 5.69 Å². The molecule has 0 spiro atoms. The zero-order valence-electron chi connectivity index (χ0n) is 12.5. The fourth-order valence-electron chi connectivity index (χ4n) is 2.05. The molecule has 0 aliphatic heterocycles. The average Bonchev–Trinajstić information content (AvgIpc) is 2.82. The van der Waals surface area contributed by atoms with E-state index in [9.17, 15) is 4.79 Å². The topological polar surface area (TPSA) is 79.0 Å². The number of methoxy groups -OCH3 is 1. The number of nitrogens with zero attached hydrogens (tertiary/aromatic N) is 1. The number of carbonyl (C=O) groups is 1.